The van der Waals surface area contributed by atoms with Crippen LogP contribution in [0, 0.1) is 6.92 Å². The zero-order valence-electron chi connectivity index (χ0n) is 10.1. The molecular formula is C13H15ClN2O. The highest BCUT2D eigenvalue weighted by atomic mass is 35.5. The molecule has 0 amide bonds. The normalized spacial score (nSPS) is 12.8. The molecule has 1 aromatic carbocycles. The monoisotopic (exact) mass is 250 g/mol. The van der Waals surface area contributed by atoms with Crippen molar-refractivity contribution in [1.82, 2.24) is 4.98 Å². The minimum atomic E-state index is -0.0937. The van der Waals surface area contributed by atoms with E-state index in [1.807, 2.05) is 32.0 Å². The number of aryl methyl sites for hydroxylation is 1. The van der Waals surface area contributed by atoms with E-state index in [0.717, 1.165) is 27.9 Å². The van der Waals surface area contributed by atoms with Crippen LogP contribution in [-0.2, 0) is 0 Å². The first-order valence-corrected chi connectivity index (χ1v) is 5.81. The molecule has 1 heterocycles. The number of rotatable bonds is 2. The molecule has 1 aromatic heterocycles. The minimum Gasteiger partial charge on any atom is -0.494 e. The Morgan fingerprint density at radius 3 is 2.71 bits per heavy atom. The molecular weight excluding hydrogens is 236 g/mol. The predicted molar refractivity (Wildman–Crippen MR) is 70.6 cm³/mol. The molecule has 2 rings (SSSR count). The lowest BCUT2D eigenvalue weighted by atomic mass is 10.0. The summed E-state index contributed by atoms with van der Waals surface area (Å²) in [7, 11) is 1.62. The number of aromatic nitrogens is 1. The SMILES string of the molecule is COc1ccc(Cl)c2c(C(C)N)cc(C)nc12. The Kier molecular flexibility index (Phi) is 3.22. The van der Waals surface area contributed by atoms with E-state index < -0.39 is 0 Å². The number of pyridine rings is 1. The summed E-state index contributed by atoms with van der Waals surface area (Å²) in [5.41, 5.74) is 8.66. The van der Waals surface area contributed by atoms with E-state index in [2.05, 4.69) is 4.98 Å². The van der Waals surface area contributed by atoms with Crippen LogP contribution in [-0.4, -0.2) is 12.1 Å². The first kappa shape index (κ1) is 12.1. The Hall–Kier alpha value is -1.32. The number of methoxy groups -OCH3 is 1. The average molecular weight is 251 g/mol. The van der Waals surface area contributed by atoms with Crippen molar-refractivity contribution in [3.05, 3.63) is 34.5 Å². The number of nitrogens with two attached hydrogens (primary N) is 1. The van der Waals surface area contributed by atoms with E-state index in [9.17, 15) is 0 Å². The minimum absolute atomic E-state index is 0.0937. The van der Waals surface area contributed by atoms with Crippen LogP contribution < -0.4 is 10.5 Å². The molecule has 1 atom stereocenters. The number of ether oxygens (including phenoxy) is 1. The van der Waals surface area contributed by atoms with Crippen LogP contribution in [0.15, 0.2) is 18.2 Å². The quantitative estimate of drug-likeness (QED) is 0.890. The third kappa shape index (κ3) is 2.08. The average Bonchev–Trinajstić information content (AvgIpc) is 2.28. The Balaban J connectivity index is 2.92. The first-order chi connectivity index (χ1) is 8.04. The Labute approximate surface area is 106 Å². The van der Waals surface area contributed by atoms with Crippen molar-refractivity contribution in [3.63, 3.8) is 0 Å². The van der Waals surface area contributed by atoms with E-state index in [-0.39, 0.29) is 6.04 Å². The van der Waals surface area contributed by atoms with E-state index in [1.54, 1.807) is 7.11 Å². The second kappa shape index (κ2) is 4.51. The standard InChI is InChI=1S/C13H15ClN2O/c1-7-6-9(8(2)15)12-10(14)4-5-11(17-3)13(12)16-7/h4-6,8H,15H2,1-3H3. The molecule has 4 heteroatoms. The van der Waals surface area contributed by atoms with Gasteiger partial charge in [-0.05, 0) is 37.6 Å². The van der Waals surface area contributed by atoms with E-state index in [1.165, 1.54) is 0 Å². The van der Waals surface area contributed by atoms with E-state index >= 15 is 0 Å². The molecule has 0 saturated carbocycles. The second-order valence-corrected chi connectivity index (χ2v) is 4.52. The van der Waals surface area contributed by atoms with Gasteiger partial charge in [0.15, 0.2) is 0 Å². The molecule has 0 radical (unpaired) electrons. The molecule has 1 unspecified atom stereocenters. The Bertz CT molecular complexity index is 567. The summed E-state index contributed by atoms with van der Waals surface area (Å²) >= 11 is 6.24. The first-order valence-electron chi connectivity index (χ1n) is 5.44. The van der Waals surface area contributed by atoms with Gasteiger partial charge >= 0.3 is 0 Å². The van der Waals surface area contributed by atoms with E-state index in [4.69, 9.17) is 22.1 Å². The predicted octanol–water partition coefficient (Wildman–Crippen LogP) is 3.22. The summed E-state index contributed by atoms with van der Waals surface area (Å²) < 4.78 is 5.31. The van der Waals surface area contributed by atoms with Gasteiger partial charge < -0.3 is 10.5 Å². The van der Waals surface area contributed by atoms with Crippen LogP contribution in [0.5, 0.6) is 5.75 Å². The van der Waals surface area contributed by atoms with Crippen LogP contribution >= 0.6 is 11.6 Å². The molecule has 90 valence electrons. The fraction of sp³-hybridized carbons (Fsp3) is 0.308. The van der Waals surface area contributed by atoms with Crippen molar-refractivity contribution in [2.45, 2.75) is 19.9 Å². The van der Waals surface area contributed by atoms with Crippen LogP contribution in [0.2, 0.25) is 5.02 Å². The maximum absolute atomic E-state index is 6.24. The second-order valence-electron chi connectivity index (χ2n) is 4.11. The van der Waals surface area contributed by atoms with Crippen molar-refractivity contribution >= 4 is 22.5 Å². The third-order valence-electron chi connectivity index (χ3n) is 2.74. The third-order valence-corrected chi connectivity index (χ3v) is 3.06. The summed E-state index contributed by atoms with van der Waals surface area (Å²) in [6.45, 7) is 3.87. The lowest BCUT2D eigenvalue weighted by Gasteiger charge is -2.14. The fourth-order valence-corrected chi connectivity index (χ4v) is 2.22. The van der Waals surface area contributed by atoms with Crippen LogP contribution in [0.4, 0.5) is 0 Å². The molecule has 17 heavy (non-hydrogen) atoms. The maximum atomic E-state index is 6.24. The molecule has 0 aliphatic carbocycles. The molecule has 0 aliphatic heterocycles. The van der Waals surface area contributed by atoms with Gasteiger partial charge in [0.1, 0.15) is 11.3 Å². The fourth-order valence-electron chi connectivity index (χ4n) is 1.96. The zero-order chi connectivity index (χ0) is 12.6. The zero-order valence-corrected chi connectivity index (χ0v) is 10.9. The lowest BCUT2D eigenvalue weighted by molar-refractivity contribution is 0.419. The number of benzene rings is 1. The van der Waals surface area contributed by atoms with Gasteiger partial charge in [-0.25, -0.2) is 4.98 Å². The van der Waals surface area contributed by atoms with Crippen LogP contribution in [0.25, 0.3) is 10.9 Å². The highest BCUT2D eigenvalue weighted by molar-refractivity contribution is 6.36. The van der Waals surface area contributed by atoms with Gasteiger partial charge in [0.25, 0.3) is 0 Å². The molecule has 0 spiro atoms. The molecule has 0 fully saturated rings. The molecule has 2 aromatic rings. The van der Waals surface area contributed by atoms with Gasteiger partial charge in [0.2, 0.25) is 0 Å². The lowest BCUT2D eigenvalue weighted by Crippen LogP contribution is -2.07. The number of hydrogen-bond donors (Lipinski definition) is 1. The summed E-state index contributed by atoms with van der Waals surface area (Å²) in [5, 5.41) is 1.53. The maximum Gasteiger partial charge on any atom is 0.145 e. The topological polar surface area (TPSA) is 48.1 Å². The number of fused-ring (bicyclic) bond motifs is 1. The molecule has 0 bridgehead atoms. The van der Waals surface area contributed by atoms with Gasteiger partial charge in [0, 0.05) is 17.1 Å². The largest absolute Gasteiger partial charge is 0.494 e. The summed E-state index contributed by atoms with van der Waals surface area (Å²) in [4.78, 5) is 4.49. The van der Waals surface area contributed by atoms with Gasteiger partial charge in [-0.3, -0.25) is 0 Å². The van der Waals surface area contributed by atoms with Crippen molar-refractivity contribution in [2.24, 2.45) is 5.73 Å². The van der Waals surface area contributed by atoms with Crippen molar-refractivity contribution in [3.8, 4) is 5.75 Å². The van der Waals surface area contributed by atoms with Crippen molar-refractivity contribution < 1.29 is 4.74 Å². The van der Waals surface area contributed by atoms with Crippen molar-refractivity contribution in [2.75, 3.05) is 7.11 Å². The molecule has 2 N–H and O–H groups in total. The molecule has 3 nitrogen and oxygen atoms in total. The van der Waals surface area contributed by atoms with E-state index in [0.29, 0.717) is 5.02 Å². The molecule has 0 aliphatic rings. The smallest absolute Gasteiger partial charge is 0.145 e. The van der Waals surface area contributed by atoms with Gasteiger partial charge in [-0.2, -0.15) is 0 Å². The van der Waals surface area contributed by atoms with Gasteiger partial charge in [0.05, 0.1) is 12.1 Å². The van der Waals surface area contributed by atoms with Gasteiger partial charge in [-0.15, -0.1) is 0 Å². The Morgan fingerprint density at radius 2 is 2.12 bits per heavy atom. The number of halogens is 1. The summed E-state index contributed by atoms with van der Waals surface area (Å²) in [6.07, 6.45) is 0. The highest BCUT2D eigenvalue weighted by Crippen LogP contribution is 2.34. The van der Waals surface area contributed by atoms with Gasteiger partial charge in [-0.1, -0.05) is 11.6 Å². The van der Waals surface area contributed by atoms with Crippen LogP contribution in [0.1, 0.15) is 24.2 Å². The summed E-state index contributed by atoms with van der Waals surface area (Å²) in [5.74, 6) is 0.718. The molecule has 0 saturated heterocycles. The van der Waals surface area contributed by atoms with Crippen LogP contribution in [0.3, 0.4) is 0 Å². The number of hydrogen-bond acceptors (Lipinski definition) is 3. The summed E-state index contributed by atoms with van der Waals surface area (Å²) in [6, 6.07) is 5.51. The van der Waals surface area contributed by atoms with Crippen molar-refractivity contribution in [1.29, 1.82) is 0 Å². The number of nitrogens with zero attached hydrogens (tertiary/aromatic N) is 1. The highest BCUT2D eigenvalue weighted by Gasteiger charge is 2.14. The Morgan fingerprint density at radius 1 is 1.41 bits per heavy atom.